The summed E-state index contributed by atoms with van der Waals surface area (Å²) in [5.74, 6) is 0. The maximum atomic E-state index is 6.17. The third-order valence-corrected chi connectivity index (χ3v) is 3.89. The average molecular weight is 302 g/mol. The molecule has 0 nitrogen and oxygen atoms in total. The second kappa shape index (κ2) is 4.56. The minimum Gasteiger partial charge on any atom is -0.0820 e. The van der Waals surface area contributed by atoms with Gasteiger partial charge in [-0.2, -0.15) is 0 Å². The first-order valence-corrected chi connectivity index (χ1v) is 5.94. The summed E-state index contributed by atoms with van der Waals surface area (Å²) in [6, 6.07) is 13.8. The maximum Gasteiger partial charge on any atom is 0.0740 e. The summed E-state index contributed by atoms with van der Waals surface area (Å²) in [5.41, 5.74) is 2.02. The molecule has 0 unspecified atom stereocenters. The third-order valence-electron chi connectivity index (χ3n) is 2.12. The van der Waals surface area contributed by atoms with Gasteiger partial charge in [0.25, 0.3) is 0 Å². The van der Waals surface area contributed by atoms with Crippen LogP contribution in [0.15, 0.2) is 46.9 Å². The maximum absolute atomic E-state index is 6.17. The smallest absolute Gasteiger partial charge is 0.0740 e. The highest BCUT2D eigenvalue weighted by Gasteiger charge is 2.09. The molecule has 2 rings (SSSR count). The van der Waals surface area contributed by atoms with E-state index in [9.17, 15) is 0 Å². The zero-order valence-electron chi connectivity index (χ0n) is 7.68. The zero-order valence-corrected chi connectivity index (χ0v) is 10.8. The second-order valence-corrected chi connectivity index (χ2v) is 4.70. The van der Waals surface area contributed by atoms with Gasteiger partial charge in [0.15, 0.2) is 0 Å². The van der Waals surface area contributed by atoms with Crippen LogP contribution in [-0.4, -0.2) is 0 Å². The lowest BCUT2D eigenvalue weighted by Gasteiger charge is -2.07. The van der Waals surface area contributed by atoms with Crippen molar-refractivity contribution in [2.75, 3.05) is 0 Å². The van der Waals surface area contributed by atoms with Gasteiger partial charge < -0.3 is 0 Å². The molecule has 3 heteroatoms. The summed E-state index contributed by atoms with van der Waals surface area (Å²) in [5, 5.41) is 1.13. The van der Waals surface area contributed by atoms with E-state index in [1.54, 1.807) is 0 Å². The summed E-state index contributed by atoms with van der Waals surface area (Å²) in [6.45, 7) is 0. The molecule has 2 aromatic carbocycles. The number of benzene rings is 2. The van der Waals surface area contributed by atoms with Gasteiger partial charge in [0.2, 0.25) is 0 Å². The average Bonchev–Trinajstić information content (AvgIpc) is 2.27. The molecule has 0 aromatic heterocycles. The lowest BCUT2D eigenvalue weighted by atomic mass is 10.1. The van der Waals surface area contributed by atoms with Crippen LogP contribution in [0.2, 0.25) is 10.0 Å². The monoisotopic (exact) mass is 300 g/mol. The first-order chi connectivity index (χ1) is 7.20. The van der Waals surface area contributed by atoms with Gasteiger partial charge in [-0.1, -0.05) is 59.6 Å². The fourth-order valence-corrected chi connectivity index (χ4v) is 2.25. The Labute approximate surface area is 107 Å². The lowest BCUT2D eigenvalue weighted by molar-refractivity contribution is 1.59. The Balaban J connectivity index is 2.60. The SMILES string of the molecule is Clc1c(Br)ccc(-c2ccccc2)c1Cl. The van der Waals surface area contributed by atoms with Gasteiger partial charge in [-0.05, 0) is 27.6 Å². The van der Waals surface area contributed by atoms with Crippen molar-refractivity contribution in [2.24, 2.45) is 0 Å². The third kappa shape index (κ3) is 2.20. The van der Waals surface area contributed by atoms with E-state index >= 15 is 0 Å². The lowest BCUT2D eigenvalue weighted by Crippen LogP contribution is -1.81. The van der Waals surface area contributed by atoms with Crippen LogP contribution >= 0.6 is 39.1 Å². The van der Waals surface area contributed by atoms with E-state index in [1.807, 2.05) is 42.5 Å². The van der Waals surface area contributed by atoms with Gasteiger partial charge in [0.1, 0.15) is 0 Å². The van der Waals surface area contributed by atoms with Gasteiger partial charge in [-0.15, -0.1) is 0 Å². The van der Waals surface area contributed by atoms with Crippen LogP contribution in [0.4, 0.5) is 0 Å². The fourth-order valence-electron chi connectivity index (χ4n) is 1.37. The molecule has 0 radical (unpaired) electrons. The van der Waals surface area contributed by atoms with Crippen LogP contribution in [0.5, 0.6) is 0 Å². The van der Waals surface area contributed by atoms with E-state index in [0.717, 1.165) is 15.6 Å². The molecule has 0 spiro atoms. The molecule has 0 saturated heterocycles. The van der Waals surface area contributed by atoms with Crippen molar-refractivity contribution in [3.63, 3.8) is 0 Å². The van der Waals surface area contributed by atoms with Crippen molar-refractivity contribution in [1.29, 1.82) is 0 Å². The zero-order chi connectivity index (χ0) is 10.8. The molecule has 0 amide bonds. The Hall–Kier alpha value is -0.500. The minimum absolute atomic E-state index is 0.554. The van der Waals surface area contributed by atoms with Crippen molar-refractivity contribution in [3.8, 4) is 11.1 Å². The minimum atomic E-state index is 0.554. The first kappa shape index (κ1) is 11.0. The predicted octanol–water partition coefficient (Wildman–Crippen LogP) is 5.42. The number of hydrogen-bond acceptors (Lipinski definition) is 0. The number of halogens is 3. The van der Waals surface area contributed by atoms with Gasteiger partial charge in [0, 0.05) is 10.0 Å². The highest BCUT2D eigenvalue weighted by Crippen LogP contribution is 2.37. The second-order valence-electron chi connectivity index (χ2n) is 3.09. The van der Waals surface area contributed by atoms with Crippen LogP contribution in [0.1, 0.15) is 0 Å². The van der Waals surface area contributed by atoms with E-state index in [4.69, 9.17) is 23.2 Å². The summed E-state index contributed by atoms with van der Waals surface area (Å²) in [4.78, 5) is 0. The summed E-state index contributed by atoms with van der Waals surface area (Å²) >= 11 is 15.6. The Bertz CT molecular complexity index is 480. The fraction of sp³-hybridized carbons (Fsp3) is 0. The Morgan fingerprint density at radius 1 is 0.800 bits per heavy atom. The van der Waals surface area contributed by atoms with Crippen molar-refractivity contribution >= 4 is 39.1 Å². The Kier molecular flexibility index (Phi) is 3.35. The molecule has 0 saturated carbocycles. The predicted molar refractivity (Wildman–Crippen MR) is 69.6 cm³/mol. The van der Waals surface area contributed by atoms with Gasteiger partial charge >= 0.3 is 0 Å². The normalized spacial score (nSPS) is 10.3. The molecule has 2 aromatic rings. The van der Waals surface area contributed by atoms with E-state index in [1.165, 1.54) is 0 Å². The Morgan fingerprint density at radius 2 is 1.47 bits per heavy atom. The molecule has 0 aliphatic carbocycles. The molecule has 0 atom stereocenters. The summed E-state index contributed by atoms with van der Waals surface area (Å²) in [7, 11) is 0. The van der Waals surface area contributed by atoms with Crippen LogP contribution in [0.25, 0.3) is 11.1 Å². The van der Waals surface area contributed by atoms with E-state index in [0.29, 0.717) is 10.0 Å². The van der Waals surface area contributed by atoms with Crippen molar-refractivity contribution < 1.29 is 0 Å². The molecule has 0 aliphatic rings. The molecule has 0 N–H and O–H groups in total. The van der Waals surface area contributed by atoms with Gasteiger partial charge in [-0.3, -0.25) is 0 Å². The van der Waals surface area contributed by atoms with Gasteiger partial charge in [-0.25, -0.2) is 0 Å². The summed E-state index contributed by atoms with van der Waals surface area (Å²) in [6.07, 6.45) is 0. The highest BCUT2D eigenvalue weighted by molar-refractivity contribution is 9.10. The molecule has 0 bridgehead atoms. The largest absolute Gasteiger partial charge is 0.0820 e. The molecule has 0 aliphatic heterocycles. The molecular weight excluding hydrogens is 295 g/mol. The Morgan fingerprint density at radius 3 is 2.13 bits per heavy atom. The number of rotatable bonds is 1. The summed E-state index contributed by atoms with van der Waals surface area (Å²) < 4.78 is 0.814. The van der Waals surface area contributed by atoms with Crippen LogP contribution in [0, 0.1) is 0 Å². The van der Waals surface area contributed by atoms with E-state index < -0.39 is 0 Å². The molecule has 0 fully saturated rings. The highest BCUT2D eigenvalue weighted by atomic mass is 79.9. The van der Waals surface area contributed by atoms with Crippen LogP contribution < -0.4 is 0 Å². The van der Waals surface area contributed by atoms with Crippen LogP contribution in [-0.2, 0) is 0 Å². The van der Waals surface area contributed by atoms with E-state index in [2.05, 4.69) is 15.9 Å². The number of hydrogen-bond donors (Lipinski definition) is 0. The molecule has 0 heterocycles. The van der Waals surface area contributed by atoms with Crippen molar-refractivity contribution in [3.05, 3.63) is 57.0 Å². The first-order valence-electron chi connectivity index (χ1n) is 4.39. The topological polar surface area (TPSA) is 0 Å². The van der Waals surface area contributed by atoms with Gasteiger partial charge in [0.05, 0.1) is 10.0 Å². The molecule has 76 valence electrons. The van der Waals surface area contributed by atoms with Crippen LogP contribution in [0.3, 0.4) is 0 Å². The molecule has 15 heavy (non-hydrogen) atoms. The quantitative estimate of drug-likeness (QED) is 0.617. The standard InChI is InChI=1S/C12H7BrCl2/c13-10-7-6-9(11(14)12(10)15)8-4-2-1-3-5-8/h1-7H. The van der Waals surface area contributed by atoms with E-state index in [-0.39, 0.29) is 0 Å². The molecular formula is C12H7BrCl2. The van der Waals surface area contributed by atoms with Crippen molar-refractivity contribution in [1.82, 2.24) is 0 Å². The van der Waals surface area contributed by atoms with Crippen molar-refractivity contribution in [2.45, 2.75) is 0 Å².